The Morgan fingerprint density at radius 1 is 1.04 bits per heavy atom. The van der Waals surface area contributed by atoms with E-state index in [0.717, 1.165) is 51.4 Å². The van der Waals surface area contributed by atoms with Crippen molar-refractivity contribution in [2.24, 2.45) is 0 Å². The zero-order chi connectivity index (χ0) is 17.6. The lowest BCUT2D eigenvalue weighted by Crippen LogP contribution is -2.64. The smallest absolute Gasteiger partial charge is 0.222 e. The summed E-state index contributed by atoms with van der Waals surface area (Å²) in [5, 5.41) is 0. The van der Waals surface area contributed by atoms with E-state index in [-0.39, 0.29) is 11.8 Å². The highest BCUT2D eigenvalue weighted by Crippen LogP contribution is 2.18. The third-order valence-corrected chi connectivity index (χ3v) is 5.04. The normalized spacial score (nSPS) is 18.8. The van der Waals surface area contributed by atoms with Crippen LogP contribution in [0.4, 0.5) is 0 Å². The second kappa shape index (κ2) is 8.34. The number of piperazine rings is 1. The van der Waals surface area contributed by atoms with E-state index < -0.39 is 0 Å². The van der Waals surface area contributed by atoms with Crippen molar-refractivity contribution in [2.45, 2.75) is 25.8 Å². The predicted octanol–water partition coefficient (Wildman–Crippen LogP) is 1.22. The Hall–Kier alpha value is -2.08. The van der Waals surface area contributed by atoms with Crippen LogP contribution < -0.4 is 4.74 Å². The van der Waals surface area contributed by atoms with Gasteiger partial charge in [-0.15, -0.1) is 0 Å². The fourth-order valence-electron chi connectivity index (χ4n) is 3.38. The molecule has 0 unspecified atom stereocenters. The largest absolute Gasteiger partial charge is 0.494 e. The minimum atomic E-state index is 0.155. The lowest BCUT2D eigenvalue weighted by atomic mass is 10.0. The van der Waals surface area contributed by atoms with Crippen molar-refractivity contribution in [2.75, 3.05) is 45.9 Å². The van der Waals surface area contributed by atoms with Gasteiger partial charge in [-0.2, -0.15) is 0 Å². The molecule has 0 spiro atoms. The monoisotopic (exact) mass is 345 g/mol. The number of hydrogen-bond acceptors (Lipinski definition) is 4. The van der Waals surface area contributed by atoms with Crippen LogP contribution in [-0.4, -0.2) is 78.4 Å². The number of rotatable bonds is 6. The molecule has 2 fully saturated rings. The molecular weight excluding hydrogens is 318 g/mol. The van der Waals surface area contributed by atoms with Gasteiger partial charge >= 0.3 is 0 Å². The zero-order valence-corrected chi connectivity index (χ0v) is 14.9. The van der Waals surface area contributed by atoms with Gasteiger partial charge in [0.1, 0.15) is 5.75 Å². The number of hydrogen-bond donors (Lipinski definition) is 0. The van der Waals surface area contributed by atoms with Crippen molar-refractivity contribution in [3.8, 4) is 5.75 Å². The van der Waals surface area contributed by atoms with Gasteiger partial charge in [0.15, 0.2) is 0 Å². The van der Waals surface area contributed by atoms with Gasteiger partial charge in [0.05, 0.1) is 6.61 Å². The topological polar surface area (TPSA) is 53.1 Å². The average molecular weight is 345 g/mol. The molecule has 2 saturated heterocycles. The highest BCUT2D eigenvalue weighted by molar-refractivity contribution is 5.77. The van der Waals surface area contributed by atoms with E-state index in [0.29, 0.717) is 19.1 Å². The summed E-state index contributed by atoms with van der Waals surface area (Å²) in [6.07, 6.45) is 1.28. The SMILES string of the molecule is CC(=O)N1CCN(C2CN(C(=O)CCCOc3ccccc3)C2)CC1. The van der Waals surface area contributed by atoms with Crippen LogP contribution in [0, 0.1) is 0 Å². The maximum absolute atomic E-state index is 12.2. The summed E-state index contributed by atoms with van der Waals surface area (Å²) >= 11 is 0. The van der Waals surface area contributed by atoms with Crippen molar-refractivity contribution < 1.29 is 14.3 Å². The third kappa shape index (κ3) is 4.72. The van der Waals surface area contributed by atoms with Crippen LogP contribution in [0.1, 0.15) is 19.8 Å². The van der Waals surface area contributed by atoms with E-state index >= 15 is 0 Å². The summed E-state index contributed by atoms with van der Waals surface area (Å²) in [5.74, 6) is 1.22. The Bertz CT molecular complexity index is 579. The molecule has 0 aliphatic carbocycles. The number of carbonyl (C=O) groups is 2. The van der Waals surface area contributed by atoms with E-state index in [1.807, 2.05) is 40.1 Å². The fourth-order valence-corrected chi connectivity index (χ4v) is 3.38. The van der Waals surface area contributed by atoms with Crippen molar-refractivity contribution in [3.05, 3.63) is 30.3 Å². The van der Waals surface area contributed by atoms with Crippen molar-refractivity contribution >= 4 is 11.8 Å². The molecule has 2 aliphatic rings. The van der Waals surface area contributed by atoms with Crippen molar-refractivity contribution in [1.29, 1.82) is 0 Å². The van der Waals surface area contributed by atoms with Gasteiger partial charge < -0.3 is 14.5 Å². The number of benzene rings is 1. The van der Waals surface area contributed by atoms with Gasteiger partial charge in [0.25, 0.3) is 0 Å². The van der Waals surface area contributed by atoms with Crippen LogP contribution in [0.25, 0.3) is 0 Å². The van der Waals surface area contributed by atoms with Gasteiger partial charge in [-0.25, -0.2) is 0 Å². The van der Waals surface area contributed by atoms with E-state index in [1.54, 1.807) is 6.92 Å². The molecule has 0 bridgehead atoms. The molecule has 25 heavy (non-hydrogen) atoms. The summed E-state index contributed by atoms with van der Waals surface area (Å²) < 4.78 is 5.62. The summed E-state index contributed by atoms with van der Waals surface area (Å²) in [4.78, 5) is 29.8. The molecule has 136 valence electrons. The molecule has 6 nitrogen and oxygen atoms in total. The standard InChI is InChI=1S/C19H27N3O3/c1-16(23)20-9-11-21(12-10-20)17-14-22(15-17)19(24)8-5-13-25-18-6-3-2-4-7-18/h2-4,6-7,17H,5,8-15H2,1H3. The fraction of sp³-hybridized carbons (Fsp3) is 0.579. The van der Waals surface area contributed by atoms with Crippen molar-refractivity contribution in [1.82, 2.24) is 14.7 Å². The predicted molar refractivity (Wildman–Crippen MR) is 95.4 cm³/mol. The number of ether oxygens (including phenoxy) is 1. The highest BCUT2D eigenvalue weighted by Gasteiger charge is 2.35. The second-order valence-corrected chi connectivity index (χ2v) is 6.76. The molecular formula is C19H27N3O3. The first-order chi connectivity index (χ1) is 12.1. The summed E-state index contributed by atoms with van der Waals surface area (Å²) in [6, 6.07) is 10.1. The molecule has 0 aromatic heterocycles. The Kier molecular flexibility index (Phi) is 5.91. The van der Waals surface area contributed by atoms with E-state index in [1.165, 1.54) is 0 Å². The first-order valence-corrected chi connectivity index (χ1v) is 9.08. The molecule has 3 rings (SSSR count). The molecule has 1 aromatic carbocycles. The van der Waals surface area contributed by atoms with Gasteiger partial charge in [-0.1, -0.05) is 18.2 Å². The number of amides is 2. The quantitative estimate of drug-likeness (QED) is 0.728. The van der Waals surface area contributed by atoms with Crippen LogP contribution in [0.2, 0.25) is 0 Å². The molecule has 0 N–H and O–H groups in total. The van der Waals surface area contributed by atoms with Crippen LogP contribution >= 0.6 is 0 Å². The Balaban J connectivity index is 1.29. The maximum atomic E-state index is 12.2. The van der Waals surface area contributed by atoms with Gasteiger partial charge in [0, 0.05) is 58.7 Å². The molecule has 1 aromatic rings. The molecule has 6 heteroatoms. The lowest BCUT2D eigenvalue weighted by Gasteiger charge is -2.48. The van der Waals surface area contributed by atoms with Crippen LogP contribution in [-0.2, 0) is 9.59 Å². The number of carbonyl (C=O) groups excluding carboxylic acids is 2. The zero-order valence-electron chi connectivity index (χ0n) is 14.9. The van der Waals surface area contributed by atoms with E-state index in [2.05, 4.69) is 4.90 Å². The summed E-state index contributed by atoms with van der Waals surface area (Å²) in [5.41, 5.74) is 0. The van der Waals surface area contributed by atoms with E-state index in [9.17, 15) is 9.59 Å². The summed E-state index contributed by atoms with van der Waals surface area (Å²) in [7, 11) is 0. The summed E-state index contributed by atoms with van der Waals surface area (Å²) in [6.45, 7) is 7.26. The van der Waals surface area contributed by atoms with Gasteiger partial charge in [0.2, 0.25) is 11.8 Å². The van der Waals surface area contributed by atoms with Gasteiger partial charge in [-0.3, -0.25) is 14.5 Å². The first-order valence-electron chi connectivity index (χ1n) is 9.08. The lowest BCUT2D eigenvalue weighted by molar-refractivity contribution is -0.140. The minimum absolute atomic E-state index is 0.155. The minimum Gasteiger partial charge on any atom is -0.494 e. The number of para-hydroxylation sites is 1. The number of likely N-dealkylation sites (tertiary alicyclic amines) is 1. The molecule has 2 heterocycles. The molecule has 0 saturated carbocycles. The number of nitrogens with zero attached hydrogens (tertiary/aromatic N) is 3. The second-order valence-electron chi connectivity index (χ2n) is 6.76. The van der Waals surface area contributed by atoms with Crippen LogP contribution in [0.5, 0.6) is 5.75 Å². The third-order valence-electron chi connectivity index (χ3n) is 5.04. The Morgan fingerprint density at radius 3 is 2.36 bits per heavy atom. The van der Waals surface area contributed by atoms with Crippen LogP contribution in [0.15, 0.2) is 30.3 Å². The van der Waals surface area contributed by atoms with E-state index in [4.69, 9.17) is 4.74 Å². The first kappa shape index (κ1) is 17.7. The molecule has 0 atom stereocenters. The molecule has 2 aliphatic heterocycles. The Morgan fingerprint density at radius 2 is 1.72 bits per heavy atom. The van der Waals surface area contributed by atoms with Gasteiger partial charge in [-0.05, 0) is 18.6 Å². The molecule has 2 amide bonds. The Labute approximate surface area is 149 Å². The molecule has 0 radical (unpaired) electrons. The highest BCUT2D eigenvalue weighted by atomic mass is 16.5. The van der Waals surface area contributed by atoms with Crippen LogP contribution in [0.3, 0.4) is 0 Å². The maximum Gasteiger partial charge on any atom is 0.222 e. The van der Waals surface area contributed by atoms with Crippen molar-refractivity contribution in [3.63, 3.8) is 0 Å². The average Bonchev–Trinajstić information content (AvgIpc) is 2.59.